The second-order valence-electron chi connectivity index (χ2n) is 4.29. The summed E-state index contributed by atoms with van der Waals surface area (Å²) in [5.41, 5.74) is -0.337. The number of alkyl halides is 1. The second-order valence-corrected chi connectivity index (χ2v) is 4.94. The van der Waals surface area contributed by atoms with Crippen LogP contribution in [0.5, 0.6) is 0 Å². The summed E-state index contributed by atoms with van der Waals surface area (Å²) < 4.78 is 5.23. The van der Waals surface area contributed by atoms with Gasteiger partial charge in [0.1, 0.15) is 5.60 Å². The van der Waals surface area contributed by atoms with Gasteiger partial charge in [0.25, 0.3) is 0 Å². The minimum atomic E-state index is -0.337. The van der Waals surface area contributed by atoms with Crippen molar-refractivity contribution in [2.75, 3.05) is 5.33 Å². The molecule has 0 aromatic carbocycles. The molecular formula is C9H15BrO2. The van der Waals surface area contributed by atoms with E-state index in [1.54, 1.807) is 0 Å². The highest BCUT2D eigenvalue weighted by Gasteiger charge is 2.44. The van der Waals surface area contributed by atoms with Crippen LogP contribution in [-0.4, -0.2) is 16.9 Å². The Labute approximate surface area is 81.8 Å². The lowest BCUT2D eigenvalue weighted by molar-refractivity contribution is -0.156. The Morgan fingerprint density at radius 2 is 2.17 bits per heavy atom. The van der Waals surface area contributed by atoms with Crippen LogP contribution in [0.1, 0.15) is 27.2 Å². The molecule has 0 aromatic rings. The maximum atomic E-state index is 11.3. The number of hydrogen-bond acceptors (Lipinski definition) is 2. The predicted octanol–water partition coefficient (Wildman–Crippen LogP) is 2.36. The van der Waals surface area contributed by atoms with Crippen LogP contribution in [0, 0.1) is 11.8 Å². The Bertz CT molecular complexity index is 183. The van der Waals surface area contributed by atoms with Crippen molar-refractivity contribution in [3.8, 4) is 0 Å². The molecular weight excluding hydrogens is 220 g/mol. The highest BCUT2D eigenvalue weighted by Crippen LogP contribution is 2.41. The quantitative estimate of drug-likeness (QED) is 0.542. The molecule has 0 spiro atoms. The number of ether oxygens (including phenoxy) is 1. The van der Waals surface area contributed by atoms with Gasteiger partial charge in [-0.2, -0.15) is 0 Å². The van der Waals surface area contributed by atoms with Gasteiger partial charge in [-0.15, -0.1) is 0 Å². The topological polar surface area (TPSA) is 26.3 Å². The third kappa shape index (κ3) is 2.77. The molecule has 1 aliphatic carbocycles. The first kappa shape index (κ1) is 10.0. The first-order chi connectivity index (χ1) is 5.44. The first-order valence-corrected chi connectivity index (χ1v) is 5.35. The molecule has 0 aromatic heterocycles. The summed E-state index contributed by atoms with van der Waals surface area (Å²) >= 11 is 3.36. The molecule has 2 nitrogen and oxygen atoms in total. The van der Waals surface area contributed by atoms with Crippen LogP contribution < -0.4 is 0 Å². The Morgan fingerprint density at radius 3 is 2.50 bits per heavy atom. The lowest BCUT2D eigenvalue weighted by Crippen LogP contribution is -2.25. The van der Waals surface area contributed by atoms with Gasteiger partial charge in [-0.25, -0.2) is 0 Å². The molecule has 0 aliphatic heterocycles. The summed E-state index contributed by atoms with van der Waals surface area (Å²) in [5.74, 6) is 0.635. The largest absolute Gasteiger partial charge is 0.460 e. The third-order valence-corrected chi connectivity index (χ3v) is 2.66. The molecule has 1 aliphatic rings. The van der Waals surface area contributed by atoms with Crippen molar-refractivity contribution in [3.05, 3.63) is 0 Å². The van der Waals surface area contributed by atoms with Crippen molar-refractivity contribution >= 4 is 21.9 Å². The minimum absolute atomic E-state index is 0.0352. The molecule has 2 atom stereocenters. The van der Waals surface area contributed by atoms with Gasteiger partial charge in [0.2, 0.25) is 0 Å². The first-order valence-electron chi connectivity index (χ1n) is 4.23. The molecule has 1 saturated carbocycles. The molecule has 0 saturated heterocycles. The number of rotatable bonds is 2. The molecule has 0 amide bonds. The zero-order chi connectivity index (χ0) is 9.35. The van der Waals surface area contributed by atoms with Crippen LogP contribution in [0.15, 0.2) is 0 Å². The van der Waals surface area contributed by atoms with Gasteiger partial charge in [0.05, 0.1) is 5.92 Å². The fraction of sp³-hybridized carbons (Fsp3) is 0.889. The van der Waals surface area contributed by atoms with Gasteiger partial charge in [-0.05, 0) is 33.1 Å². The number of carbonyl (C=O) groups excluding carboxylic acids is 1. The van der Waals surface area contributed by atoms with Gasteiger partial charge in [0.15, 0.2) is 0 Å². The maximum absolute atomic E-state index is 11.3. The van der Waals surface area contributed by atoms with E-state index in [9.17, 15) is 4.79 Å². The highest BCUT2D eigenvalue weighted by molar-refractivity contribution is 9.09. The molecule has 1 rings (SSSR count). The number of hydrogen-bond donors (Lipinski definition) is 0. The molecule has 0 heterocycles. The van der Waals surface area contributed by atoms with Gasteiger partial charge in [-0.3, -0.25) is 4.79 Å². The van der Waals surface area contributed by atoms with Crippen LogP contribution in [0.3, 0.4) is 0 Å². The van der Waals surface area contributed by atoms with E-state index < -0.39 is 0 Å². The van der Waals surface area contributed by atoms with Crippen LogP contribution in [-0.2, 0) is 9.53 Å². The Kier molecular flexibility index (Phi) is 2.81. The zero-order valence-corrected chi connectivity index (χ0v) is 9.35. The van der Waals surface area contributed by atoms with E-state index in [0.717, 1.165) is 11.8 Å². The van der Waals surface area contributed by atoms with E-state index >= 15 is 0 Å². The number of halogens is 1. The molecule has 1 fully saturated rings. The lowest BCUT2D eigenvalue weighted by Gasteiger charge is -2.19. The molecule has 0 unspecified atom stereocenters. The summed E-state index contributed by atoms with van der Waals surface area (Å²) in [7, 11) is 0. The van der Waals surface area contributed by atoms with Gasteiger partial charge in [0, 0.05) is 5.33 Å². The fourth-order valence-electron chi connectivity index (χ4n) is 1.08. The van der Waals surface area contributed by atoms with Crippen LogP contribution in [0.25, 0.3) is 0 Å². The van der Waals surface area contributed by atoms with Gasteiger partial charge in [-0.1, -0.05) is 15.9 Å². The lowest BCUT2D eigenvalue weighted by atomic mass is 10.2. The van der Waals surface area contributed by atoms with E-state index in [0.29, 0.717) is 5.92 Å². The smallest absolute Gasteiger partial charge is 0.309 e. The number of carbonyl (C=O) groups is 1. The molecule has 0 bridgehead atoms. The molecule has 0 radical (unpaired) electrons. The summed E-state index contributed by atoms with van der Waals surface area (Å²) in [6.07, 6.45) is 0.986. The maximum Gasteiger partial charge on any atom is 0.309 e. The van der Waals surface area contributed by atoms with E-state index in [1.165, 1.54) is 0 Å². The molecule has 0 N–H and O–H groups in total. The van der Waals surface area contributed by atoms with E-state index in [-0.39, 0.29) is 17.5 Å². The highest BCUT2D eigenvalue weighted by atomic mass is 79.9. The van der Waals surface area contributed by atoms with Crippen LogP contribution in [0.2, 0.25) is 0 Å². The molecule has 12 heavy (non-hydrogen) atoms. The zero-order valence-electron chi connectivity index (χ0n) is 7.76. The average molecular weight is 235 g/mol. The van der Waals surface area contributed by atoms with Crippen molar-refractivity contribution in [1.29, 1.82) is 0 Å². The Balaban J connectivity index is 2.32. The Hall–Kier alpha value is -0.0500. The number of esters is 1. The van der Waals surface area contributed by atoms with Crippen LogP contribution >= 0.6 is 15.9 Å². The summed E-state index contributed by atoms with van der Waals surface area (Å²) in [6.45, 7) is 5.70. The summed E-state index contributed by atoms with van der Waals surface area (Å²) in [6, 6.07) is 0. The van der Waals surface area contributed by atoms with Gasteiger partial charge < -0.3 is 4.74 Å². The normalized spacial score (nSPS) is 28.3. The van der Waals surface area contributed by atoms with Crippen molar-refractivity contribution in [1.82, 2.24) is 0 Å². The van der Waals surface area contributed by atoms with E-state index in [4.69, 9.17) is 4.74 Å². The Morgan fingerprint density at radius 1 is 1.58 bits per heavy atom. The van der Waals surface area contributed by atoms with Crippen molar-refractivity contribution in [2.45, 2.75) is 32.8 Å². The fourth-order valence-corrected chi connectivity index (χ4v) is 1.80. The minimum Gasteiger partial charge on any atom is -0.460 e. The van der Waals surface area contributed by atoms with Crippen molar-refractivity contribution in [3.63, 3.8) is 0 Å². The SMILES string of the molecule is CC(C)(C)OC(=O)[C@@H]1C[C@H]1CBr. The van der Waals surface area contributed by atoms with Crippen molar-refractivity contribution < 1.29 is 9.53 Å². The van der Waals surface area contributed by atoms with Gasteiger partial charge >= 0.3 is 5.97 Å². The molecule has 70 valence electrons. The predicted molar refractivity (Wildman–Crippen MR) is 51.2 cm³/mol. The van der Waals surface area contributed by atoms with Crippen LogP contribution in [0.4, 0.5) is 0 Å². The third-order valence-electron chi connectivity index (χ3n) is 1.83. The monoisotopic (exact) mass is 234 g/mol. The standard InChI is InChI=1S/C9H15BrO2/c1-9(2,3)12-8(11)7-4-6(7)5-10/h6-7H,4-5H2,1-3H3/t6-,7+/m0/s1. The van der Waals surface area contributed by atoms with E-state index in [1.807, 2.05) is 20.8 Å². The average Bonchev–Trinajstić information content (AvgIpc) is 2.60. The van der Waals surface area contributed by atoms with Crippen molar-refractivity contribution in [2.24, 2.45) is 11.8 Å². The van der Waals surface area contributed by atoms with E-state index in [2.05, 4.69) is 15.9 Å². The summed E-state index contributed by atoms with van der Waals surface area (Å²) in [5, 5.41) is 0.914. The second kappa shape index (κ2) is 3.36. The molecule has 3 heteroatoms. The summed E-state index contributed by atoms with van der Waals surface area (Å²) in [4.78, 5) is 11.3.